The lowest BCUT2D eigenvalue weighted by molar-refractivity contribution is -0.132. The van der Waals surface area contributed by atoms with Gasteiger partial charge in [-0.1, -0.05) is 5.16 Å². The number of hydrogen-bond donors (Lipinski definition) is 0. The summed E-state index contributed by atoms with van der Waals surface area (Å²) in [6.45, 7) is 1.28. The van der Waals surface area contributed by atoms with Crippen molar-refractivity contribution in [2.75, 3.05) is 11.5 Å². The van der Waals surface area contributed by atoms with Crippen LogP contribution in [0.1, 0.15) is 18.9 Å². The largest absolute Gasteiger partial charge is 0.479 e. The number of carbonyl (C=O) groups excluding carboxylic acids is 3. The highest BCUT2D eigenvalue weighted by Gasteiger charge is 2.70. The highest BCUT2D eigenvalue weighted by Crippen LogP contribution is 2.62. The summed E-state index contributed by atoms with van der Waals surface area (Å²) in [6, 6.07) is 15.6. The minimum Gasteiger partial charge on any atom is -0.479 e. The van der Waals surface area contributed by atoms with E-state index in [1.165, 1.54) is 11.8 Å². The number of hydrogen-bond acceptors (Lipinski definition) is 8. The van der Waals surface area contributed by atoms with Crippen LogP contribution in [0.25, 0.3) is 0 Å². The molecule has 176 valence electrons. The van der Waals surface area contributed by atoms with Crippen molar-refractivity contribution in [1.29, 1.82) is 5.26 Å². The van der Waals surface area contributed by atoms with Gasteiger partial charge in [-0.05, 0) is 60.9 Å². The molecule has 2 saturated carbocycles. The number of anilines is 1. The van der Waals surface area contributed by atoms with Gasteiger partial charge in [-0.3, -0.25) is 19.3 Å². The molecule has 3 fully saturated rings. The molecule has 2 amide bonds. The van der Waals surface area contributed by atoms with Gasteiger partial charge in [-0.15, -0.1) is 0 Å². The van der Waals surface area contributed by atoms with Crippen LogP contribution < -0.4 is 14.4 Å². The molecule has 9 nitrogen and oxygen atoms in total. The molecule has 2 aromatic carbocycles. The summed E-state index contributed by atoms with van der Waals surface area (Å²) >= 11 is 0. The van der Waals surface area contributed by atoms with Gasteiger partial charge in [0.2, 0.25) is 11.8 Å². The second-order valence-corrected chi connectivity index (χ2v) is 9.26. The van der Waals surface area contributed by atoms with Gasteiger partial charge in [0.15, 0.2) is 6.61 Å². The minimum atomic E-state index is -0.439. The zero-order valence-corrected chi connectivity index (χ0v) is 18.8. The van der Waals surface area contributed by atoms with Gasteiger partial charge in [-0.2, -0.15) is 5.26 Å². The molecule has 0 radical (unpaired) electrons. The van der Waals surface area contributed by atoms with Crippen molar-refractivity contribution < 1.29 is 28.7 Å². The molecule has 0 N–H and O–H groups in total. The van der Waals surface area contributed by atoms with E-state index in [1.807, 2.05) is 18.2 Å². The van der Waals surface area contributed by atoms with Crippen molar-refractivity contribution in [2.45, 2.75) is 19.4 Å². The average molecular weight is 471 g/mol. The fraction of sp³-hybridized carbons (Fsp3) is 0.346. The standard InChI is InChI=1S/C26H21N3O6/c1-13(30)34-17-8-4-15(5-9-17)29-25(31)20-18-12-19(21(20)26(29)32)24-22(18)23(28-35-24)14-2-6-16(7-3-14)33-11-10-27/h2-9,18-22,24H,11-12H2,1H3. The Morgan fingerprint density at radius 1 is 1.03 bits per heavy atom. The molecule has 2 heterocycles. The maximum Gasteiger partial charge on any atom is 0.308 e. The molecule has 0 aromatic heterocycles. The molecule has 6 atom stereocenters. The van der Waals surface area contributed by atoms with E-state index in [0.29, 0.717) is 17.2 Å². The lowest BCUT2D eigenvalue weighted by Crippen LogP contribution is -2.41. The van der Waals surface area contributed by atoms with Gasteiger partial charge < -0.3 is 14.3 Å². The highest BCUT2D eigenvalue weighted by molar-refractivity contribution is 6.23. The molecular formula is C26H21N3O6. The summed E-state index contributed by atoms with van der Waals surface area (Å²) in [5.41, 5.74) is 2.13. The molecule has 2 bridgehead atoms. The Hall–Kier alpha value is -4.19. The summed E-state index contributed by atoms with van der Waals surface area (Å²) in [5, 5.41) is 13.0. The van der Waals surface area contributed by atoms with Gasteiger partial charge in [0.05, 0.1) is 23.2 Å². The number of oxime groups is 1. The Labute approximate surface area is 200 Å². The number of benzene rings is 2. The Morgan fingerprint density at radius 2 is 1.69 bits per heavy atom. The number of esters is 1. The Morgan fingerprint density at radius 3 is 2.34 bits per heavy atom. The normalized spacial score (nSPS) is 29.8. The van der Waals surface area contributed by atoms with E-state index >= 15 is 0 Å². The van der Waals surface area contributed by atoms with Crippen molar-refractivity contribution in [2.24, 2.45) is 34.7 Å². The number of ether oxygens (including phenoxy) is 2. The summed E-state index contributed by atoms with van der Waals surface area (Å²) in [6.07, 6.45) is 0.526. The first-order valence-corrected chi connectivity index (χ1v) is 11.5. The molecule has 35 heavy (non-hydrogen) atoms. The highest BCUT2D eigenvalue weighted by atomic mass is 16.6. The van der Waals surface area contributed by atoms with Crippen LogP contribution in [0.15, 0.2) is 53.7 Å². The molecular weight excluding hydrogens is 450 g/mol. The third kappa shape index (κ3) is 3.21. The van der Waals surface area contributed by atoms with Crippen LogP contribution in [-0.4, -0.2) is 36.2 Å². The molecule has 2 aliphatic heterocycles. The fourth-order valence-electron chi connectivity index (χ4n) is 6.29. The van der Waals surface area contributed by atoms with Crippen molar-refractivity contribution >= 4 is 29.2 Å². The molecule has 6 rings (SSSR count). The van der Waals surface area contributed by atoms with Gasteiger partial charge in [0, 0.05) is 24.3 Å². The smallest absolute Gasteiger partial charge is 0.308 e. The van der Waals surface area contributed by atoms with Crippen molar-refractivity contribution in [1.82, 2.24) is 0 Å². The number of nitriles is 1. The van der Waals surface area contributed by atoms with Gasteiger partial charge in [0.25, 0.3) is 0 Å². The van der Waals surface area contributed by atoms with E-state index < -0.39 is 17.8 Å². The number of imide groups is 1. The summed E-state index contributed by atoms with van der Waals surface area (Å²) in [4.78, 5) is 45.2. The second-order valence-electron chi connectivity index (χ2n) is 9.26. The van der Waals surface area contributed by atoms with Crippen LogP contribution >= 0.6 is 0 Å². The lowest BCUT2D eigenvalue weighted by atomic mass is 9.71. The summed E-state index contributed by atoms with van der Waals surface area (Å²) < 4.78 is 10.4. The minimum absolute atomic E-state index is 0.0277. The van der Waals surface area contributed by atoms with Crippen molar-refractivity contribution in [3.8, 4) is 17.6 Å². The number of fused-ring (bicyclic) bond motifs is 8. The summed E-state index contributed by atoms with van der Waals surface area (Å²) in [7, 11) is 0. The van der Waals surface area contributed by atoms with E-state index in [-0.39, 0.29) is 42.3 Å². The zero-order valence-electron chi connectivity index (χ0n) is 18.8. The Kier molecular flexibility index (Phi) is 4.85. The van der Waals surface area contributed by atoms with Crippen molar-refractivity contribution in [3.63, 3.8) is 0 Å². The number of nitrogens with zero attached hydrogens (tertiary/aromatic N) is 3. The molecule has 1 saturated heterocycles. The SMILES string of the molecule is CC(=O)Oc1ccc(N2C(=O)C3C4CC(C5C(c6ccc(OCC#N)cc6)=NOC45)C3C2=O)cc1. The Bertz CT molecular complexity index is 1300. The van der Waals surface area contributed by atoms with Crippen LogP contribution in [0.4, 0.5) is 5.69 Å². The number of rotatable bonds is 5. The molecule has 6 unspecified atom stereocenters. The molecule has 9 heteroatoms. The van der Waals surface area contributed by atoms with Crippen LogP contribution in [0.5, 0.6) is 11.5 Å². The maximum atomic E-state index is 13.5. The first-order valence-electron chi connectivity index (χ1n) is 11.5. The molecule has 0 spiro atoms. The van der Waals surface area contributed by atoms with E-state index in [0.717, 1.165) is 17.7 Å². The van der Waals surface area contributed by atoms with Crippen molar-refractivity contribution in [3.05, 3.63) is 54.1 Å². The van der Waals surface area contributed by atoms with E-state index in [4.69, 9.17) is 19.6 Å². The second kappa shape index (κ2) is 7.94. The molecule has 4 aliphatic rings. The zero-order chi connectivity index (χ0) is 24.3. The predicted molar refractivity (Wildman–Crippen MR) is 121 cm³/mol. The van der Waals surface area contributed by atoms with Crippen LogP contribution in [-0.2, 0) is 19.2 Å². The van der Waals surface area contributed by atoms with Crippen LogP contribution in [0, 0.1) is 40.9 Å². The van der Waals surface area contributed by atoms with E-state index in [2.05, 4.69) is 5.16 Å². The topological polar surface area (TPSA) is 118 Å². The van der Waals surface area contributed by atoms with Crippen LogP contribution in [0.3, 0.4) is 0 Å². The quantitative estimate of drug-likeness (QED) is 0.374. The first-order chi connectivity index (χ1) is 17.0. The number of amides is 2. The third-order valence-electron chi connectivity index (χ3n) is 7.50. The van der Waals surface area contributed by atoms with Gasteiger partial charge >= 0.3 is 5.97 Å². The fourth-order valence-corrected chi connectivity index (χ4v) is 6.29. The predicted octanol–water partition coefficient (Wildman–Crippen LogP) is 2.69. The van der Waals surface area contributed by atoms with Gasteiger partial charge in [-0.25, -0.2) is 0 Å². The van der Waals surface area contributed by atoms with E-state index in [9.17, 15) is 14.4 Å². The maximum absolute atomic E-state index is 13.5. The van der Waals surface area contributed by atoms with Gasteiger partial charge in [0.1, 0.15) is 23.7 Å². The Balaban J connectivity index is 1.24. The first kappa shape index (κ1) is 21.4. The summed E-state index contributed by atoms with van der Waals surface area (Å²) in [5.74, 6) is -0.894. The van der Waals surface area contributed by atoms with E-state index in [1.54, 1.807) is 36.4 Å². The molecule has 2 aromatic rings. The average Bonchev–Trinajstić information content (AvgIpc) is 3.59. The lowest BCUT2D eigenvalue weighted by Gasteiger charge is -2.29. The number of carbonyl (C=O) groups is 3. The van der Waals surface area contributed by atoms with Crippen LogP contribution in [0.2, 0.25) is 0 Å². The molecule has 2 aliphatic carbocycles. The monoisotopic (exact) mass is 471 g/mol. The third-order valence-corrected chi connectivity index (χ3v) is 7.50.